The number of nitrogens with one attached hydrogen (secondary N) is 1. The summed E-state index contributed by atoms with van der Waals surface area (Å²) < 4.78 is 0. The number of β-amino-alcohol motifs (C(OH)–C–C–N with tert-alkyl or cyclic N) is 1. The zero-order valence-electron chi connectivity index (χ0n) is 14.1. The van der Waals surface area contributed by atoms with E-state index in [4.69, 9.17) is 16.7 Å². The SMILES string of the molecule is CCN(CC)C(=O)c1ccc(Cl)c(NC2=CC(=O)N(CCO)C2=O)c1. The largest absolute Gasteiger partial charge is 0.395 e. The molecule has 0 aromatic heterocycles. The van der Waals surface area contributed by atoms with Crippen molar-refractivity contribution in [2.75, 3.05) is 31.6 Å². The maximum absolute atomic E-state index is 12.4. The van der Waals surface area contributed by atoms with Crippen LogP contribution in [-0.4, -0.2) is 58.9 Å². The van der Waals surface area contributed by atoms with Crippen LogP contribution in [0.25, 0.3) is 0 Å². The molecule has 1 aromatic rings. The number of imide groups is 1. The molecule has 25 heavy (non-hydrogen) atoms. The second-order valence-electron chi connectivity index (χ2n) is 5.37. The van der Waals surface area contributed by atoms with E-state index in [2.05, 4.69) is 5.32 Å². The van der Waals surface area contributed by atoms with E-state index < -0.39 is 11.8 Å². The summed E-state index contributed by atoms with van der Waals surface area (Å²) in [6.07, 6.45) is 1.15. The maximum atomic E-state index is 12.4. The van der Waals surface area contributed by atoms with E-state index in [-0.39, 0.29) is 24.8 Å². The van der Waals surface area contributed by atoms with Crippen molar-refractivity contribution in [3.05, 3.63) is 40.6 Å². The lowest BCUT2D eigenvalue weighted by Crippen LogP contribution is -2.34. The number of amides is 3. The number of hydrogen-bond donors (Lipinski definition) is 2. The van der Waals surface area contributed by atoms with Crippen molar-refractivity contribution in [2.45, 2.75) is 13.8 Å². The van der Waals surface area contributed by atoms with Gasteiger partial charge in [0, 0.05) is 24.7 Å². The summed E-state index contributed by atoms with van der Waals surface area (Å²) >= 11 is 6.14. The van der Waals surface area contributed by atoms with E-state index in [1.807, 2.05) is 13.8 Å². The molecule has 134 valence electrons. The molecule has 7 nitrogen and oxygen atoms in total. The van der Waals surface area contributed by atoms with Gasteiger partial charge in [0.1, 0.15) is 5.70 Å². The van der Waals surface area contributed by atoms with Crippen LogP contribution in [0.2, 0.25) is 5.02 Å². The lowest BCUT2D eigenvalue weighted by molar-refractivity contribution is -0.137. The number of hydrogen-bond acceptors (Lipinski definition) is 5. The highest BCUT2D eigenvalue weighted by Gasteiger charge is 2.31. The van der Waals surface area contributed by atoms with Crippen molar-refractivity contribution in [1.82, 2.24) is 9.80 Å². The van der Waals surface area contributed by atoms with Crippen molar-refractivity contribution in [3.63, 3.8) is 0 Å². The average molecular weight is 366 g/mol. The van der Waals surface area contributed by atoms with Crippen molar-refractivity contribution in [2.24, 2.45) is 0 Å². The Morgan fingerprint density at radius 3 is 2.56 bits per heavy atom. The van der Waals surface area contributed by atoms with Gasteiger partial charge in [-0.05, 0) is 32.0 Å². The molecular formula is C17H20ClN3O4. The number of anilines is 1. The second kappa shape index (κ2) is 8.13. The van der Waals surface area contributed by atoms with Crippen LogP contribution in [0.15, 0.2) is 30.0 Å². The first-order valence-electron chi connectivity index (χ1n) is 7.97. The van der Waals surface area contributed by atoms with Gasteiger partial charge in [-0.25, -0.2) is 0 Å². The molecule has 2 N–H and O–H groups in total. The fourth-order valence-electron chi connectivity index (χ4n) is 2.50. The first-order valence-corrected chi connectivity index (χ1v) is 8.34. The molecule has 8 heteroatoms. The number of nitrogens with zero attached hydrogens (tertiary/aromatic N) is 2. The van der Waals surface area contributed by atoms with Gasteiger partial charge in [0.25, 0.3) is 17.7 Å². The number of rotatable bonds is 7. The minimum Gasteiger partial charge on any atom is -0.395 e. The molecule has 1 aromatic carbocycles. The van der Waals surface area contributed by atoms with Crippen LogP contribution >= 0.6 is 11.6 Å². The Labute approximate surface area is 150 Å². The van der Waals surface area contributed by atoms with Crippen LogP contribution in [0.4, 0.5) is 5.69 Å². The highest BCUT2D eigenvalue weighted by Crippen LogP contribution is 2.26. The molecule has 0 bridgehead atoms. The summed E-state index contributed by atoms with van der Waals surface area (Å²) in [5.41, 5.74) is 0.839. The van der Waals surface area contributed by atoms with Gasteiger partial charge < -0.3 is 15.3 Å². The molecule has 1 aliphatic rings. The molecule has 0 unspecified atom stereocenters. The zero-order chi connectivity index (χ0) is 18.6. The fourth-order valence-corrected chi connectivity index (χ4v) is 2.67. The average Bonchev–Trinajstić information content (AvgIpc) is 2.85. The molecule has 0 radical (unpaired) electrons. The van der Waals surface area contributed by atoms with Gasteiger partial charge in [0.2, 0.25) is 0 Å². The molecule has 2 rings (SSSR count). The van der Waals surface area contributed by atoms with E-state index in [9.17, 15) is 14.4 Å². The summed E-state index contributed by atoms with van der Waals surface area (Å²) in [7, 11) is 0. The maximum Gasteiger partial charge on any atom is 0.277 e. The van der Waals surface area contributed by atoms with Gasteiger partial charge in [0.15, 0.2) is 0 Å². The Balaban J connectivity index is 2.25. The van der Waals surface area contributed by atoms with Gasteiger partial charge in [-0.3, -0.25) is 19.3 Å². The van der Waals surface area contributed by atoms with Crippen molar-refractivity contribution in [1.29, 1.82) is 0 Å². The Bertz CT molecular complexity index is 729. The minimum absolute atomic E-state index is 0.0489. The predicted octanol–water partition coefficient (Wildman–Crippen LogP) is 1.48. The minimum atomic E-state index is -0.546. The number of halogens is 1. The molecule has 0 spiro atoms. The topological polar surface area (TPSA) is 90.0 Å². The molecule has 0 aliphatic carbocycles. The molecule has 0 atom stereocenters. The van der Waals surface area contributed by atoms with Crippen molar-refractivity contribution in [3.8, 4) is 0 Å². The Morgan fingerprint density at radius 1 is 1.28 bits per heavy atom. The first-order chi connectivity index (χ1) is 11.9. The van der Waals surface area contributed by atoms with E-state index >= 15 is 0 Å². The lowest BCUT2D eigenvalue weighted by atomic mass is 10.1. The fraction of sp³-hybridized carbons (Fsp3) is 0.353. The highest BCUT2D eigenvalue weighted by molar-refractivity contribution is 6.33. The van der Waals surface area contributed by atoms with Gasteiger partial charge in [-0.1, -0.05) is 11.6 Å². The van der Waals surface area contributed by atoms with Crippen LogP contribution in [0, 0.1) is 0 Å². The van der Waals surface area contributed by atoms with Gasteiger partial charge in [-0.2, -0.15) is 0 Å². The summed E-state index contributed by atoms with van der Waals surface area (Å²) in [6.45, 7) is 4.55. The second-order valence-corrected chi connectivity index (χ2v) is 5.78. The lowest BCUT2D eigenvalue weighted by Gasteiger charge is -2.19. The molecule has 0 saturated heterocycles. The van der Waals surface area contributed by atoms with E-state index in [0.29, 0.717) is 29.4 Å². The molecule has 1 heterocycles. The number of benzene rings is 1. The quantitative estimate of drug-likeness (QED) is 0.714. The Morgan fingerprint density at radius 2 is 1.96 bits per heavy atom. The van der Waals surface area contributed by atoms with Gasteiger partial charge in [-0.15, -0.1) is 0 Å². The number of aliphatic hydroxyl groups excluding tert-OH is 1. The summed E-state index contributed by atoms with van der Waals surface area (Å²) in [6, 6.07) is 4.73. The Kier molecular flexibility index (Phi) is 6.17. The predicted molar refractivity (Wildman–Crippen MR) is 94.2 cm³/mol. The van der Waals surface area contributed by atoms with Crippen LogP contribution in [-0.2, 0) is 9.59 Å². The molecular weight excluding hydrogens is 346 g/mol. The van der Waals surface area contributed by atoms with Gasteiger partial charge >= 0.3 is 0 Å². The highest BCUT2D eigenvalue weighted by atomic mass is 35.5. The van der Waals surface area contributed by atoms with Crippen LogP contribution in [0.1, 0.15) is 24.2 Å². The molecule has 3 amide bonds. The molecule has 1 aliphatic heterocycles. The third kappa shape index (κ3) is 4.00. The third-order valence-electron chi connectivity index (χ3n) is 3.87. The monoisotopic (exact) mass is 365 g/mol. The van der Waals surface area contributed by atoms with Crippen LogP contribution in [0.3, 0.4) is 0 Å². The number of carbonyl (C=O) groups is 3. The normalized spacial score (nSPS) is 13.9. The van der Waals surface area contributed by atoms with E-state index in [1.54, 1.807) is 23.1 Å². The third-order valence-corrected chi connectivity index (χ3v) is 4.20. The number of carbonyl (C=O) groups excluding carboxylic acids is 3. The molecule has 0 fully saturated rings. The number of aliphatic hydroxyl groups is 1. The zero-order valence-corrected chi connectivity index (χ0v) is 14.8. The molecule has 0 saturated carbocycles. The van der Waals surface area contributed by atoms with Crippen molar-refractivity contribution < 1.29 is 19.5 Å². The summed E-state index contributed by atoms with van der Waals surface area (Å²) in [4.78, 5) is 39.0. The van der Waals surface area contributed by atoms with Crippen molar-refractivity contribution >= 4 is 35.0 Å². The standard InChI is InChI=1S/C17H20ClN3O4/c1-3-20(4-2)16(24)11-5-6-12(18)13(9-11)19-14-10-15(23)21(7-8-22)17(14)25/h5-6,9-10,19,22H,3-4,7-8H2,1-2H3. The summed E-state index contributed by atoms with van der Waals surface area (Å²) in [5.74, 6) is -1.20. The Hall–Kier alpha value is -2.38. The van der Waals surface area contributed by atoms with Gasteiger partial charge in [0.05, 0.1) is 23.9 Å². The smallest absolute Gasteiger partial charge is 0.277 e. The van der Waals surface area contributed by atoms with Crippen LogP contribution in [0.5, 0.6) is 0 Å². The van der Waals surface area contributed by atoms with E-state index in [1.165, 1.54) is 0 Å². The van der Waals surface area contributed by atoms with Crippen LogP contribution < -0.4 is 5.32 Å². The summed E-state index contributed by atoms with van der Waals surface area (Å²) in [5, 5.41) is 12.1. The first kappa shape index (κ1) is 19.0. The van der Waals surface area contributed by atoms with E-state index in [0.717, 1.165) is 11.0 Å².